The van der Waals surface area contributed by atoms with Gasteiger partial charge in [-0.2, -0.15) is 0 Å². The zero-order valence-corrected chi connectivity index (χ0v) is 8.55. The van der Waals surface area contributed by atoms with Crippen LogP contribution in [0.25, 0.3) is 11.0 Å². The van der Waals surface area contributed by atoms with Gasteiger partial charge in [0, 0.05) is 6.07 Å². The summed E-state index contributed by atoms with van der Waals surface area (Å²) < 4.78 is 5.55. The lowest BCUT2D eigenvalue weighted by Gasteiger charge is -2.04. The highest BCUT2D eigenvalue weighted by Crippen LogP contribution is 2.19. The highest BCUT2D eigenvalue weighted by molar-refractivity contribution is 5.80. The van der Waals surface area contributed by atoms with Crippen LogP contribution in [0, 0.1) is 20.8 Å². The molecular formula is C12H12O2. The van der Waals surface area contributed by atoms with Crippen LogP contribution in [0.4, 0.5) is 0 Å². The molecule has 2 nitrogen and oxygen atoms in total. The van der Waals surface area contributed by atoms with Gasteiger partial charge in [0.05, 0.1) is 5.39 Å². The van der Waals surface area contributed by atoms with E-state index < -0.39 is 0 Å². The van der Waals surface area contributed by atoms with Crippen LogP contribution >= 0.6 is 0 Å². The Hall–Kier alpha value is -1.57. The lowest BCUT2D eigenvalue weighted by atomic mass is 10.1. The van der Waals surface area contributed by atoms with Crippen molar-refractivity contribution < 1.29 is 4.42 Å². The lowest BCUT2D eigenvalue weighted by molar-refractivity contribution is 0.562. The monoisotopic (exact) mass is 188 g/mol. The molecule has 14 heavy (non-hydrogen) atoms. The van der Waals surface area contributed by atoms with E-state index >= 15 is 0 Å². The minimum absolute atomic E-state index is 0.0341. The first-order valence-electron chi connectivity index (χ1n) is 4.60. The Morgan fingerprint density at radius 3 is 2.57 bits per heavy atom. The predicted molar refractivity (Wildman–Crippen MR) is 56.7 cm³/mol. The molecule has 0 bridgehead atoms. The van der Waals surface area contributed by atoms with Gasteiger partial charge in [-0.3, -0.25) is 4.79 Å². The number of rotatable bonds is 0. The fourth-order valence-electron chi connectivity index (χ4n) is 1.57. The number of benzene rings is 1. The van der Waals surface area contributed by atoms with Crippen LogP contribution in [0.2, 0.25) is 0 Å². The largest absolute Gasteiger partial charge is 0.461 e. The fourth-order valence-corrected chi connectivity index (χ4v) is 1.57. The Kier molecular flexibility index (Phi) is 1.92. The molecule has 0 amide bonds. The van der Waals surface area contributed by atoms with Gasteiger partial charge < -0.3 is 4.42 Å². The van der Waals surface area contributed by atoms with Crippen LogP contribution in [0.15, 0.2) is 27.4 Å². The Labute approximate surface area is 82.2 Å². The van der Waals surface area contributed by atoms with Crippen molar-refractivity contribution in [2.24, 2.45) is 0 Å². The van der Waals surface area contributed by atoms with Gasteiger partial charge in [0.1, 0.15) is 11.3 Å². The van der Waals surface area contributed by atoms with E-state index in [9.17, 15) is 4.79 Å². The van der Waals surface area contributed by atoms with Crippen molar-refractivity contribution in [3.8, 4) is 0 Å². The summed E-state index contributed by atoms with van der Waals surface area (Å²) in [6.07, 6.45) is 0. The van der Waals surface area contributed by atoms with E-state index in [4.69, 9.17) is 4.42 Å². The van der Waals surface area contributed by atoms with E-state index in [2.05, 4.69) is 0 Å². The minimum Gasteiger partial charge on any atom is -0.461 e. The molecule has 2 aromatic rings. The molecule has 0 aliphatic rings. The predicted octanol–water partition coefficient (Wildman–Crippen LogP) is 2.72. The second-order valence-electron chi connectivity index (χ2n) is 3.61. The van der Waals surface area contributed by atoms with Gasteiger partial charge in [-0.05, 0) is 38.0 Å². The molecule has 1 aromatic heterocycles. The summed E-state index contributed by atoms with van der Waals surface area (Å²) >= 11 is 0. The number of hydrogen-bond acceptors (Lipinski definition) is 2. The van der Waals surface area contributed by atoms with Crippen LogP contribution in [0.5, 0.6) is 0 Å². The molecule has 0 fully saturated rings. The van der Waals surface area contributed by atoms with Crippen LogP contribution in [-0.2, 0) is 0 Å². The standard InChI is InChI=1S/C12H12O2/c1-7-4-5-10-11(13)6-8(2)14-12(10)9(7)3/h4-6H,1-3H3. The molecule has 0 unspecified atom stereocenters. The minimum atomic E-state index is 0.0341. The Bertz CT molecular complexity index is 550. The molecule has 1 heterocycles. The van der Waals surface area contributed by atoms with E-state index in [1.807, 2.05) is 26.0 Å². The molecule has 2 rings (SSSR count). The first kappa shape index (κ1) is 9.00. The molecule has 0 N–H and O–H groups in total. The van der Waals surface area contributed by atoms with Crippen molar-refractivity contribution in [3.63, 3.8) is 0 Å². The highest BCUT2D eigenvalue weighted by Gasteiger charge is 2.06. The Morgan fingerprint density at radius 1 is 1.14 bits per heavy atom. The first-order chi connectivity index (χ1) is 6.59. The third-order valence-electron chi connectivity index (χ3n) is 2.54. The molecule has 0 saturated carbocycles. The van der Waals surface area contributed by atoms with Crippen molar-refractivity contribution in [2.45, 2.75) is 20.8 Å². The third kappa shape index (κ3) is 1.23. The van der Waals surface area contributed by atoms with Crippen molar-refractivity contribution >= 4 is 11.0 Å². The summed E-state index contributed by atoms with van der Waals surface area (Å²) in [5, 5.41) is 0.665. The second-order valence-corrected chi connectivity index (χ2v) is 3.61. The molecule has 0 atom stereocenters. The van der Waals surface area contributed by atoms with Gasteiger partial charge in [-0.1, -0.05) is 6.07 Å². The molecule has 2 heteroatoms. The summed E-state index contributed by atoms with van der Waals surface area (Å²) in [6.45, 7) is 5.78. The lowest BCUT2D eigenvalue weighted by Crippen LogP contribution is -2.01. The third-order valence-corrected chi connectivity index (χ3v) is 2.54. The molecule has 0 aliphatic carbocycles. The van der Waals surface area contributed by atoms with Crippen LogP contribution in [0.3, 0.4) is 0 Å². The van der Waals surface area contributed by atoms with E-state index in [-0.39, 0.29) is 5.43 Å². The van der Waals surface area contributed by atoms with Gasteiger partial charge in [-0.15, -0.1) is 0 Å². The average Bonchev–Trinajstić information content (AvgIpc) is 2.12. The zero-order valence-electron chi connectivity index (χ0n) is 8.55. The quantitative estimate of drug-likeness (QED) is 0.636. The molecular weight excluding hydrogens is 176 g/mol. The van der Waals surface area contributed by atoms with Crippen LogP contribution < -0.4 is 5.43 Å². The normalized spacial score (nSPS) is 10.8. The van der Waals surface area contributed by atoms with Crippen LogP contribution in [0.1, 0.15) is 16.9 Å². The van der Waals surface area contributed by atoms with Crippen molar-refractivity contribution in [1.82, 2.24) is 0 Å². The maximum absolute atomic E-state index is 11.6. The summed E-state index contributed by atoms with van der Waals surface area (Å²) in [7, 11) is 0. The van der Waals surface area contributed by atoms with Gasteiger partial charge >= 0.3 is 0 Å². The van der Waals surface area contributed by atoms with Gasteiger partial charge in [0.25, 0.3) is 0 Å². The van der Waals surface area contributed by atoms with Gasteiger partial charge in [0.15, 0.2) is 5.43 Å². The van der Waals surface area contributed by atoms with Crippen molar-refractivity contribution in [2.75, 3.05) is 0 Å². The summed E-state index contributed by atoms with van der Waals surface area (Å²) in [5.41, 5.74) is 2.94. The van der Waals surface area contributed by atoms with E-state index in [0.717, 1.165) is 16.7 Å². The Balaban J connectivity index is 3.03. The molecule has 72 valence electrons. The Morgan fingerprint density at radius 2 is 1.86 bits per heavy atom. The van der Waals surface area contributed by atoms with E-state index in [0.29, 0.717) is 11.1 Å². The average molecular weight is 188 g/mol. The summed E-state index contributed by atoms with van der Waals surface area (Å²) in [4.78, 5) is 11.6. The molecule has 1 aromatic carbocycles. The molecule has 0 spiro atoms. The smallest absolute Gasteiger partial charge is 0.192 e. The molecule has 0 aliphatic heterocycles. The van der Waals surface area contributed by atoms with E-state index in [1.54, 1.807) is 6.92 Å². The topological polar surface area (TPSA) is 30.2 Å². The second kappa shape index (κ2) is 2.98. The SMILES string of the molecule is Cc1cc(=O)c2ccc(C)c(C)c2o1. The fraction of sp³-hybridized carbons (Fsp3) is 0.250. The number of hydrogen-bond donors (Lipinski definition) is 0. The van der Waals surface area contributed by atoms with Crippen molar-refractivity contribution in [1.29, 1.82) is 0 Å². The highest BCUT2D eigenvalue weighted by atomic mass is 16.3. The maximum Gasteiger partial charge on any atom is 0.192 e. The molecule has 0 radical (unpaired) electrons. The molecule has 0 saturated heterocycles. The van der Waals surface area contributed by atoms with Gasteiger partial charge in [-0.25, -0.2) is 0 Å². The number of fused-ring (bicyclic) bond motifs is 1. The summed E-state index contributed by atoms with van der Waals surface area (Å²) in [5.74, 6) is 0.663. The summed E-state index contributed by atoms with van der Waals surface area (Å²) in [6, 6.07) is 5.30. The van der Waals surface area contributed by atoms with Crippen LogP contribution in [-0.4, -0.2) is 0 Å². The van der Waals surface area contributed by atoms with Gasteiger partial charge in [0.2, 0.25) is 0 Å². The van der Waals surface area contributed by atoms with E-state index in [1.165, 1.54) is 6.07 Å². The number of aryl methyl sites for hydroxylation is 3. The zero-order chi connectivity index (χ0) is 10.3. The first-order valence-corrected chi connectivity index (χ1v) is 4.60. The maximum atomic E-state index is 11.6. The van der Waals surface area contributed by atoms with Crippen molar-refractivity contribution in [3.05, 3.63) is 45.3 Å².